The molecular weight excluding hydrogens is 224 g/mol. The first-order valence-electron chi connectivity index (χ1n) is 3.75. The van der Waals surface area contributed by atoms with E-state index in [1.54, 1.807) is 0 Å². The number of carboxylic acid groups (broad SMARTS) is 2. The van der Waals surface area contributed by atoms with Crippen LogP contribution in [0.5, 0.6) is 0 Å². The predicted octanol–water partition coefficient (Wildman–Crippen LogP) is -0.536. The van der Waals surface area contributed by atoms with Crippen molar-refractivity contribution in [3.63, 3.8) is 0 Å². The number of hydrogen-bond acceptors (Lipinski definition) is 4. The van der Waals surface area contributed by atoms with Crippen molar-refractivity contribution in [1.82, 2.24) is 0 Å². The van der Waals surface area contributed by atoms with E-state index < -0.39 is 22.2 Å². The third kappa shape index (κ3) is 2.53. The number of hydrogen-bond donors (Lipinski definition) is 2. The van der Waals surface area contributed by atoms with Gasteiger partial charge in [0.2, 0.25) is 10.3 Å². The van der Waals surface area contributed by atoms with Gasteiger partial charge in [0.15, 0.2) is 0 Å². The Morgan fingerprint density at radius 3 is 2.13 bits per heavy atom. The van der Waals surface area contributed by atoms with E-state index in [9.17, 15) is 18.0 Å². The molecule has 0 heterocycles. The molecule has 0 saturated heterocycles. The second-order valence-corrected chi connectivity index (χ2v) is 3.75. The average molecular weight is 230 g/mol. The normalized spacial score (nSPS) is 15.3. The molecule has 0 aromatic carbocycles. The maximum atomic E-state index is 10.6. The van der Waals surface area contributed by atoms with Crippen LogP contribution in [0.4, 0.5) is 0 Å². The molecule has 1 aliphatic rings. The van der Waals surface area contributed by atoms with E-state index in [0.717, 1.165) is 12.2 Å². The molecule has 0 spiro atoms. The van der Waals surface area contributed by atoms with Crippen molar-refractivity contribution in [2.24, 2.45) is 0 Å². The highest BCUT2D eigenvalue weighted by Gasteiger charge is 2.20. The predicted molar refractivity (Wildman–Crippen MR) is 50.0 cm³/mol. The van der Waals surface area contributed by atoms with E-state index >= 15 is 0 Å². The van der Waals surface area contributed by atoms with Gasteiger partial charge in [-0.3, -0.25) is 0 Å². The summed E-state index contributed by atoms with van der Waals surface area (Å²) in [6, 6.07) is 0. The van der Waals surface area contributed by atoms with Crippen molar-refractivity contribution >= 4 is 27.1 Å². The highest BCUT2D eigenvalue weighted by Crippen LogP contribution is 2.15. The third-order valence-electron chi connectivity index (χ3n) is 1.75. The van der Waals surface area contributed by atoms with Crippen molar-refractivity contribution in [2.45, 2.75) is 6.42 Å². The first kappa shape index (κ1) is 11.2. The highest BCUT2D eigenvalue weighted by atomic mass is 32.2. The molecular formula is C8H6O6S. The average Bonchev–Trinajstić information content (AvgIpc) is 2.16. The Morgan fingerprint density at radius 2 is 1.73 bits per heavy atom. The highest BCUT2D eigenvalue weighted by molar-refractivity contribution is 7.73. The Kier molecular flexibility index (Phi) is 3.05. The molecule has 15 heavy (non-hydrogen) atoms. The summed E-state index contributed by atoms with van der Waals surface area (Å²) in [6.45, 7) is 0. The number of carbonyl (C=O) groups is 2. The van der Waals surface area contributed by atoms with Gasteiger partial charge in [-0.05, 0) is 12.2 Å². The number of aliphatic carboxylic acids is 2. The molecule has 0 aromatic rings. The number of rotatable bonds is 2. The zero-order chi connectivity index (χ0) is 11.6. The molecule has 0 unspecified atom stereocenters. The second kappa shape index (κ2) is 4.09. The Hall–Kier alpha value is -1.89. The van der Waals surface area contributed by atoms with Gasteiger partial charge in [0.05, 0.1) is 10.4 Å². The maximum Gasteiger partial charge on any atom is 0.335 e. The molecule has 6 nitrogen and oxygen atoms in total. The van der Waals surface area contributed by atoms with Crippen molar-refractivity contribution in [1.29, 1.82) is 0 Å². The zero-order valence-electron chi connectivity index (χ0n) is 7.30. The zero-order valence-corrected chi connectivity index (χ0v) is 8.11. The summed E-state index contributed by atoms with van der Waals surface area (Å²) in [6.07, 6.45) is 1.60. The fraction of sp³-hybridized carbons (Fsp3) is 0.125. The summed E-state index contributed by atoms with van der Waals surface area (Å²) in [5, 5.41) is 17.3. The van der Waals surface area contributed by atoms with Crippen LogP contribution in [0.1, 0.15) is 6.42 Å². The van der Waals surface area contributed by atoms with Crippen LogP contribution in [0.15, 0.2) is 23.3 Å². The van der Waals surface area contributed by atoms with Crippen molar-refractivity contribution in [3.05, 3.63) is 23.3 Å². The Labute approximate surface area is 85.7 Å². The molecule has 0 atom stereocenters. The molecule has 2 N–H and O–H groups in total. The summed E-state index contributed by atoms with van der Waals surface area (Å²) >= 11 is 0. The number of allylic oxidation sites excluding steroid dienone is 1. The summed E-state index contributed by atoms with van der Waals surface area (Å²) in [4.78, 5) is 20.9. The smallest absolute Gasteiger partial charge is 0.335 e. The molecule has 0 fully saturated rings. The lowest BCUT2D eigenvalue weighted by atomic mass is 9.99. The Morgan fingerprint density at radius 1 is 1.13 bits per heavy atom. The Bertz CT molecular complexity index is 511. The minimum absolute atomic E-state index is 0.243. The van der Waals surface area contributed by atoms with Gasteiger partial charge in [-0.2, -0.15) is 8.42 Å². The van der Waals surface area contributed by atoms with Crippen molar-refractivity contribution < 1.29 is 28.2 Å². The molecule has 0 bridgehead atoms. The van der Waals surface area contributed by atoms with E-state index in [2.05, 4.69) is 0 Å². The summed E-state index contributed by atoms with van der Waals surface area (Å²) in [7, 11) is -2.60. The van der Waals surface area contributed by atoms with Crippen LogP contribution < -0.4 is 0 Å². The van der Waals surface area contributed by atoms with Crippen LogP contribution in [0.25, 0.3) is 0 Å². The lowest BCUT2D eigenvalue weighted by Crippen LogP contribution is -2.14. The molecule has 0 radical (unpaired) electrons. The van der Waals surface area contributed by atoms with Crippen LogP contribution in [0, 0.1) is 0 Å². The molecule has 0 aromatic heterocycles. The first-order valence-corrected chi connectivity index (χ1v) is 4.83. The second-order valence-electron chi connectivity index (χ2n) is 2.76. The lowest BCUT2D eigenvalue weighted by Gasteiger charge is -2.07. The molecule has 0 amide bonds. The van der Waals surface area contributed by atoms with E-state index in [4.69, 9.17) is 10.2 Å². The maximum absolute atomic E-state index is 10.6. The minimum Gasteiger partial charge on any atom is -0.478 e. The van der Waals surface area contributed by atoms with E-state index in [1.807, 2.05) is 0 Å². The standard InChI is InChI=1S/C8H6O6S/c9-7(10)4-1-5(8(11)12)3-6(2-4)15(13)14/h1-2H,3H2,(H,9,10)(H,11,12). The molecule has 0 saturated carbocycles. The van der Waals surface area contributed by atoms with Gasteiger partial charge in [-0.15, -0.1) is 0 Å². The number of carboxylic acids is 2. The lowest BCUT2D eigenvalue weighted by molar-refractivity contribution is -0.132. The van der Waals surface area contributed by atoms with Crippen LogP contribution in [-0.2, 0) is 19.9 Å². The van der Waals surface area contributed by atoms with Gasteiger partial charge >= 0.3 is 11.9 Å². The molecule has 80 valence electrons. The fourth-order valence-corrected chi connectivity index (χ4v) is 1.56. The van der Waals surface area contributed by atoms with Crippen LogP contribution in [0.3, 0.4) is 0 Å². The topological polar surface area (TPSA) is 109 Å². The third-order valence-corrected chi connectivity index (χ3v) is 2.44. The summed E-state index contributed by atoms with van der Waals surface area (Å²) in [5.41, 5.74) is -0.605. The van der Waals surface area contributed by atoms with Crippen LogP contribution in [0.2, 0.25) is 0 Å². The van der Waals surface area contributed by atoms with Crippen molar-refractivity contribution in [2.75, 3.05) is 0 Å². The monoisotopic (exact) mass is 230 g/mol. The van der Waals surface area contributed by atoms with E-state index in [0.29, 0.717) is 0 Å². The fourth-order valence-electron chi connectivity index (χ4n) is 1.06. The van der Waals surface area contributed by atoms with Gasteiger partial charge in [0, 0.05) is 12.0 Å². The van der Waals surface area contributed by atoms with Gasteiger partial charge in [-0.25, -0.2) is 9.59 Å². The molecule has 1 aliphatic carbocycles. The van der Waals surface area contributed by atoms with E-state index in [1.165, 1.54) is 0 Å². The largest absolute Gasteiger partial charge is 0.478 e. The SMILES string of the molecule is O=C(O)C1=CC(=S(=O)=O)CC(C(=O)O)=C1. The molecule has 7 heteroatoms. The first-order chi connectivity index (χ1) is 6.91. The summed E-state index contributed by atoms with van der Waals surface area (Å²) < 4.78 is 21.2. The van der Waals surface area contributed by atoms with Gasteiger partial charge in [0.1, 0.15) is 0 Å². The van der Waals surface area contributed by atoms with Crippen molar-refractivity contribution in [3.8, 4) is 0 Å². The molecule has 1 rings (SSSR count). The van der Waals surface area contributed by atoms with Crippen LogP contribution >= 0.6 is 0 Å². The summed E-state index contributed by atoms with van der Waals surface area (Å²) in [5.74, 6) is -2.69. The Balaban J connectivity index is 3.32. The quantitative estimate of drug-likeness (QED) is 0.617. The van der Waals surface area contributed by atoms with E-state index in [-0.39, 0.29) is 22.4 Å². The van der Waals surface area contributed by atoms with Crippen LogP contribution in [-0.4, -0.2) is 35.4 Å². The van der Waals surface area contributed by atoms with Gasteiger partial charge in [-0.1, -0.05) is 0 Å². The molecule has 0 aliphatic heterocycles. The minimum atomic E-state index is -2.60. The van der Waals surface area contributed by atoms with Gasteiger partial charge in [0.25, 0.3) is 0 Å². The van der Waals surface area contributed by atoms with Gasteiger partial charge < -0.3 is 10.2 Å².